The Hall–Kier alpha value is -3.03. The van der Waals surface area contributed by atoms with Gasteiger partial charge in [-0.15, -0.1) is 0 Å². The van der Waals surface area contributed by atoms with Crippen molar-refractivity contribution in [3.05, 3.63) is 83.4 Å². The Morgan fingerprint density at radius 1 is 0.929 bits per heavy atom. The Morgan fingerprint density at radius 2 is 1.57 bits per heavy atom. The average molecular weight is 417 g/mol. The van der Waals surface area contributed by atoms with Crippen LogP contribution in [0.25, 0.3) is 0 Å². The van der Waals surface area contributed by atoms with E-state index in [-0.39, 0.29) is 10.8 Å². The van der Waals surface area contributed by atoms with Gasteiger partial charge in [0, 0.05) is 16.3 Å². The highest BCUT2D eigenvalue weighted by Gasteiger charge is 2.16. The van der Waals surface area contributed by atoms with Gasteiger partial charge in [0.15, 0.2) is 0 Å². The molecule has 8 heteroatoms. The molecule has 6 nitrogen and oxygen atoms in total. The second kappa shape index (κ2) is 8.33. The largest absolute Gasteiger partial charge is 0.495 e. The zero-order valence-electron chi connectivity index (χ0n) is 14.8. The number of para-hydroxylation sites is 2. The Balaban J connectivity index is 1.75. The third-order valence-electron chi connectivity index (χ3n) is 3.88. The van der Waals surface area contributed by atoms with Crippen LogP contribution in [0.15, 0.2) is 77.7 Å². The van der Waals surface area contributed by atoms with Crippen molar-refractivity contribution in [1.29, 1.82) is 0 Å². The molecule has 0 aliphatic heterocycles. The summed E-state index contributed by atoms with van der Waals surface area (Å²) in [6, 6.07) is 18.9. The molecule has 0 aromatic heterocycles. The lowest BCUT2D eigenvalue weighted by Gasteiger charge is -2.11. The van der Waals surface area contributed by atoms with Gasteiger partial charge in [-0.25, -0.2) is 8.42 Å². The molecule has 0 aliphatic rings. The summed E-state index contributed by atoms with van der Waals surface area (Å²) in [6.07, 6.45) is 0. The molecule has 0 heterocycles. The van der Waals surface area contributed by atoms with Gasteiger partial charge in [-0.3, -0.25) is 9.52 Å². The van der Waals surface area contributed by atoms with E-state index < -0.39 is 10.0 Å². The summed E-state index contributed by atoms with van der Waals surface area (Å²) in [6.45, 7) is 0. The average Bonchev–Trinajstić information content (AvgIpc) is 2.70. The first-order valence-electron chi connectivity index (χ1n) is 8.22. The third kappa shape index (κ3) is 4.62. The van der Waals surface area contributed by atoms with Crippen molar-refractivity contribution in [1.82, 2.24) is 0 Å². The number of carbonyl (C=O) groups is 1. The number of benzene rings is 3. The van der Waals surface area contributed by atoms with E-state index in [4.69, 9.17) is 16.3 Å². The van der Waals surface area contributed by atoms with Crippen molar-refractivity contribution < 1.29 is 17.9 Å². The van der Waals surface area contributed by atoms with Crippen LogP contribution in [-0.2, 0) is 10.0 Å². The van der Waals surface area contributed by atoms with E-state index in [0.717, 1.165) is 0 Å². The molecule has 0 atom stereocenters. The maximum Gasteiger partial charge on any atom is 0.261 e. The number of amides is 1. The first-order chi connectivity index (χ1) is 13.4. The quantitative estimate of drug-likeness (QED) is 0.623. The van der Waals surface area contributed by atoms with E-state index in [1.165, 1.54) is 31.4 Å². The van der Waals surface area contributed by atoms with Crippen molar-refractivity contribution in [2.24, 2.45) is 0 Å². The number of hydrogen-bond acceptors (Lipinski definition) is 4. The molecule has 3 rings (SSSR count). The second-order valence-electron chi connectivity index (χ2n) is 5.79. The van der Waals surface area contributed by atoms with E-state index in [2.05, 4.69) is 10.0 Å². The molecular weight excluding hydrogens is 400 g/mol. The van der Waals surface area contributed by atoms with Crippen molar-refractivity contribution in [3.63, 3.8) is 0 Å². The number of halogens is 1. The molecule has 3 aromatic carbocycles. The van der Waals surface area contributed by atoms with Crippen molar-refractivity contribution >= 4 is 38.9 Å². The van der Waals surface area contributed by atoms with Crippen LogP contribution in [-0.4, -0.2) is 21.4 Å². The number of nitrogens with one attached hydrogen (secondary N) is 2. The summed E-state index contributed by atoms with van der Waals surface area (Å²) in [5.41, 5.74) is 1.23. The van der Waals surface area contributed by atoms with E-state index >= 15 is 0 Å². The molecule has 0 spiro atoms. The zero-order chi connectivity index (χ0) is 20.1. The number of anilines is 2. The molecule has 0 bridgehead atoms. The highest BCUT2D eigenvalue weighted by atomic mass is 35.5. The van der Waals surface area contributed by atoms with E-state index in [1.54, 1.807) is 48.5 Å². The lowest BCUT2D eigenvalue weighted by atomic mass is 10.2. The minimum absolute atomic E-state index is 0.0382. The SMILES string of the molecule is COc1ccccc1NC(=O)c1ccc(S(=O)(=O)Nc2ccc(Cl)cc2)cc1. The number of sulfonamides is 1. The normalized spacial score (nSPS) is 10.9. The van der Waals surface area contributed by atoms with Gasteiger partial charge in [0.05, 0.1) is 17.7 Å². The van der Waals surface area contributed by atoms with Crippen LogP contribution in [0.1, 0.15) is 10.4 Å². The molecule has 3 aromatic rings. The summed E-state index contributed by atoms with van der Waals surface area (Å²) in [7, 11) is -2.27. The molecule has 144 valence electrons. The van der Waals surface area contributed by atoms with E-state index in [1.807, 2.05) is 0 Å². The topological polar surface area (TPSA) is 84.5 Å². The zero-order valence-corrected chi connectivity index (χ0v) is 16.4. The number of ether oxygens (including phenoxy) is 1. The molecular formula is C20H17ClN2O4S. The molecule has 1 amide bonds. The summed E-state index contributed by atoms with van der Waals surface area (Å²) < 4.78 is 32.6. The van der Waals surface area contributed by atoms with Gasteiger partial charge in [0.2, 0.25) is 0 Å². The highest BCUT2D eigenvalue weighted by molar-refractivity contribution is 7.92. The van der Waals surface area contributed by atoms with Gasteiger partial charge in [0.25, 0.3) is 15.9 Å². The number of hydrogen-bond donors (Lipinski definition) is 2. The molecule has 0 fully saturated rings. The Labute approximate surface area is 168 Å². The van der Waals surface area contributed by atoms with Gasteiger partial charge < -0.3 is 10.1 Å². The van der Waals surface area contributed by atoms with E-state index in [9.17, 15) is 13.2 Å². The molecule has 0 unspecified atom stereocenters. The van der Waals surface area contributed by atoms with Crippen LogP contribution < -0.4 is 14.8 Å². The molecule has 0 radical (unpaired) electrons. The van der Waals surface area contributed by atoms with Crippen LogP contribution in [0.4, 0.5) is 11.4 Å². The number of rotatable bonds is 6. The Kier molecular flexibility index (Phi) is 5.87. The fourth-order valence-electron chi connectivity index (χ4n) is 2.46. The maximum absolute atomic E-state index is 12.5. The summed E-state index contributed by atoms with van der Waals surface area (Å²) >= 11 is 5.80. The smallest absolute Gasteiger partial charge is 0.261 e. The molecule has 28 heavy (non-hydrogen) atoms. The van der Waals surface area contributed by atoms with Gasteiger partial charge >= 0.3 is 0 Å². The molecule has 2 N–H and O–H groups in total. The first kappa shape index (κ1) is 19.7. The summed E-state index contributed by atoms with van der Waals surface area (Å²) in [5, 5.41) is 3.25. The van der Waals surface area contributed by atoms with Crippen LogP contribution in [0, 0.1) is 0 Å². The van der Waals surface area contributed by atoms with Gasteiger partial charge in [0.1, 0.15) is 5.75 Å². The van der Waals surface area contributed by atoms with Crippen molar-refractivity contribution in [3.8, 4) is 5.75 Å². The van der Waals surface area contributed by atoms with Gasteiger partial charge in [-0.05, 0) is 60.7 Å². The lowest BCUT2D eigenvalue weighted by Crippen LogP contribution is -2.15. The molecule has 0 aliphatic carbocycles. The molecule has 0 saturated heterocycles. The second-order valence-corrected chi connectivity index (χ2v) is 7.91. The standard InChI is InChI=1S/C20H17ClN2O4S/c1-27-19-5-3-2-4-18(19)22-20(24)14-6-12-17(13-7-14)28(25,26)23-16-10-8-15(21)9-11-16/h2-13,23H,1H3,(H,22,24). The Morgan fingerprint density at radius 3 is 2.21 bits per heavy atom. The lowest BCUT2D eigenvalue weighted by molar-refractivity contribution is 0.102. The van der Waals surface area contributed by atoms with Crippen LogP contribution in [0.5, 0.6) is 5.75 Å². The monoisotopic (exact) mass is 416 g/mol. The van der Waals surface area contributed by atoms with Gasteiger partial charge in [-0.1, -0.05) is 23.7 Å². The van der Waals surface area contributed by atoms with Crippen molar-refractivity contribution in [2.45, 2.75) is 4.90 Å². The predicted molar refractivity (Wildman–Crippen MR) is 110 cm³/mol. The first-order valence-corrected chi connectivity index (χ1v) is 10.1. The van der Waals surface area contributed by atoms with Crippen molar-refractivity contribution in [2.75, 3.05) is 17.1 Å². The minimum atomic E-state index is -3.78. The number of carbonyl (C=O) groups excluding carboxylic acids is 1. The number of methoxy groups -OCH3 is 1. The molecule has 0 saturated carbocycles. The fraction of sp³-hybridized carbons (Fsp3) is 0.0500. The minimum Gasteiger partial charge on any atom is -0.495 e. The third-order valence-corrected chi connectivity index (χ3v) is 5.53. The maximum atomic E-state index is 12.5. The van der Waals surface area contributed by atoms with Crippen LogP contribution in [0.2, 0.25) is 5.02 Å². The van der Waals surface area contributed by atoms with Crippen LogP contribution in [0.3, 0.4) is 0 Å². The Bertz CT molecular complexity index is 1080. The predicted octanol–water partition coefficient (Wildman–Crippen LogP) is 4.40. The van der Waals surface area contributed by atoms with Crippen LogP contribution >= 0.6 is 11.6 Å². The highest BCUT2D eigenvalue weighted by Crippen LogP contribution is 2.24. The van der Waals surface area contributed by atoms with E-state index in [0.29, 0.717) is 27.7 Å². The van der Waals surface area contributed by atoms with Gasteiger partial charge in [-0.2, -0.15) is 0 Å². The fourth-order valence-corrected chi connectivity index (χ4v) is 3.64. The summed E-state index contributed by atoms with van der Waals surface area (Å²) in [5.74, 6) is 0.154. The summed E-state index contributed by atoms with van der Waals surface area (Å²) in [4.78, 5) is 12.5.